The first-order chi connectivity index (χ1) is 39.1. The first-order valence-electron chi connectivity index (χ1n) is 28.3. The SMILES string of the molecule is [2H]c1c([2H])c([2H])c2c([2H])c(-c3nc(-c4ccc(-c5ccc6ccccc6c5)cc4)nc(-c4c([2H])c([2H])c5c([2H])c(-c6cccc7oc8ccc(-c9cccc%10sc%11ccccc%11c9%10)cc8c67)c([2H])c([2H])c5c4[2H])n3)c([2H])c([2H])c2c1[2H]. The van der Waals surface area contributed by atoms with Crippen molar-refractivity contribution in [3.8, 4) is 67.5 Å². The number of thiophene rings is 1. The molecule has 0 fully saturated rings. The second kappa shape index (κ2) is 15.4. The second-order valence-corrected chi connectivity index (χ2v) is 17.5. The predicted octanol–water partition coefficient (Wildman–Crippen LogP) is 17.6. The van der Waals surface area contributed by atoms with Crippen LogP contribution in [-0.4, -0.2) is 15.0 Å². The third kappa shape index (κ3) is 6.47. The number of fused-ring (bicyclic) bond motifs is 9. The maximum atomic E-state index is 9.82. The lowest BCUT2D eigenvalue weighted by molar-refractivity contribution is 0.669. The van der Waals surface area contributed by atoms with E-state index in [0.29, 0.717) is 33.1 Å². The van der Waals surface area contributed by atoms with Crippen LogP contribution in [0.4, 0.5) is 0 Å². The fraction of sp³-hybridized carbons (Fsp3) is 0. The van der Waals surface area contributed by atoms with Crippen molar-refractivity contribution in [2.45, 2.75) is 0 Å². The van der Waals surface area contributed by atoms with Gasteiger partial charge in [-0.15, -0.1) is 11.3 Å². The maximum Gasteiger partial charge on any atom is 0.164 e. The first kappa shape index (κ1) is 27.6. The van der Waals surface area contributed by atoms with Crippen molar-refractivity contribution in [2.24, 2.45) is 0 Å². The molecule has 3 aromatic heterocycles. The van der Waals surface area contributed by atoms with E-state index in [9.17, 15) is 11.0 Å². The molecule has 0 radical (unpaired) electrons. The molecule has 0 aliphatic rings. The summed E-state index contributed by atoms with van der Waals surface area (Å²) in [5.74, 6) is -0.860. The topological polar surface area (TPSA) is 51.8 Å². The van der Waals surface area contributed by atoms with Gasteiger partial charge in [-0.2, -0.15) is 0 Å². The fourth-order valence-electron chi connectivity index (χ4n) is 9.14. The summed E-state index contributed by atoms with van der Waals surface area (Å²) in [6, 6.07) is 39.6. The van der Waals surface area contributed by atoms with Gasteiger partial charge >= 0.3 is 0 Å². The molecular weight excluding hydrogens is 847 g/mol. The van der Waals surface area contributed by atoms with Gasteiger partial charge in [-0.25, -0.2) is 15.0 Å². The summed E-state index contributed by atoms with van der Waals surface area (Å²) in [4.78, 5) is 14.1. The van der Waals surface area contributed by atoms with Crippen LogP contribution in [0.25, 0.3) is 142 Å². The lowest BCUT2D eigenvalue weighted by Crippen LogP contribution is -2.00. The van der Waals surface area contributed by atoms with E-state index in [0.717, 1.165) is 53.2 Å². The maximum absolute atomic E-state index is 9.82. The number of aromatic nitrogens is 3. The van der Waals surface area contributed by atoms with Crippen molar-refractivity contribution in [1.82, 2.24) is 15.0 Å². The zero-order chi connectivity index (χ0) is 56.0. The van der Waals surface area contributed by atoms with Crippen LogP contribution < -0.4 is 0 Å². The standard InChI is InChI=1S/C63H37N3OS/c1-3-11-42-33-44(25-21-38(42)9-1)40-19-23-41(24-20-40)61-64-62(49-29-22-39-10-2-4-12-43(39)35-49)66-63(65-61)50-30-27-45-34-47(28-26-46(45)36-50)51-14-7-16-56-59(51)54-37-48(31-32-55(54)67-56)52-15-8-18-58-60(52)53-13-5-6-17-57(53)68-58/h1-37H/i2D,4D,10D,12D,22D,26D,27D,28D,29D,30D,34D,35D,36D. The molecule has 14 rings (SSSR count). The zero-order valence-corrected chi connectivity index (χ0v) is 36.3. The Bertz CT molecular complexity index is 5120. The summed E-state index contributed by atoms with van der Waals surface area (Å²) in [5.41, 5.74) is 4.74. The summed E-state index contributed by atoms with van der Waals surface area (Å²) in [6.07, 6.45) is 0. The number of furan rings is 1. The monoisotopic (exact) mass is 896 g/mol. The Morgan fingerprint density at radius 2 is 0.941 bits per heavy atom. The van der Waals surface area contributed by atoms with Gasteiger partial charge in [0.25, 0.3) is 0 Å². The minimum atomic E-state index is -0.651. The molecule has 11 aromatic carbocycles. The Hall–Kier alpha value is -8.77. The van der Waals surface area contributed by atoms with Crippen molar-refractivity contribution in [2.75, 3.05) is 0 Å². The molecule has 14 aromatic rings. The van der Waals surface area contributed by atoms with E-state index in [1.165, 1.54) is 0 Å². The highest BCUT2D eigenvalue weighted by atomic mass is 32.1. The van der Waals surface area contributed by atoms with Gasteiger partial charge in [0.1, 0.15) is 11.2 Å². The van der Waals surface area contributed by atoms with Crippen molar-refractivity contribution in [3.05, 3.63) is 224 Å². The molecule has 316 valence electrons. The number of hydrogen-bond acceptors (Lipinski definition) is 5. The first-order valence-corrected chi connectivity index (χ1v) is 22.7. The lowest BCUT2D eigenvalue weighted by atomic mass is 9.94. The Morgan fingerprint density at radius 1 is 0.353 bits per heavy atom. The summed E-state index contributed by atoms with van der Waals surface area (Å²) < 4.78 is 129. The van der Waals surface area contributed by atoms with Gasteiger partial charge in [-0.1, -0.05) is 170 Å². The molecule has 3 heterocycles. The number of benzene rings is 11. The van der Waals surface area contributed by atoms with Gasteiger partial charge in [-0.3, -0.25) is 0 Å². The van der Waals surface area contributed by atoms with E-state index in [-0.39, 0.29) is 44.5 Å². The molecule has 5 heteroatoms. The molecule has 0 spiro atoms. The molecule has 0 aliphatic heterocycles. The highest BCUT2D eigenvalue weighted by molar-refractivity contribution is 7.25. The van der Waals surface area contributed by atoms with Crippen molar-refractivity contribution in [1.29, 1.82) is 0 Å². The molecule has 0 bridgehead atoms. The molecule has 0 saturated carbocycles. The Morgan fingerprint density at radius 3 is 1.75 bits per heavy atom. The quantitative estimate of drug-likeness (QED) is 0.167. The van der Waals surface area contributed by atoms with Crippen LogP contribution in [0.3, 0.4) is 0 Å². The summed E-state index contributed by atoms with van der Waals surface area (Å²) >= 11 is 1.72. The third-order valence-corrected chi connectivity index (χ3v) is 13.5. The van der Waals surface area contributed by atoms with Gasteiger partial charge in [0.2, 0.25) is 0 Å². The Labute approximate surface area is 413 Å². The van der Waals surface area contributed by atoms with E-state index in [4.69, 9.17) is 21.2 Å². The molecule has 0 atom stereocenters. The molecule has 0 unspecified atom stereocenters. The number of nitrogens with zero attached hydrogens (tertiary/aromatic N) is 3. The van der Waals surface area contributed by atoms with Gasteiger partial charge in [-0.05, 0) is 120 Å². The van der Waals surface area contributed by atoms with E-state index >= 15 is 0 Å². The molecule has 0 amide bonds. The number of rotatable bonds is 6. The average Bonchev–Trinajstić information content (AvgIpc) is 4.08. The summed E-state index contributed by atoms with van der Waals surface area (Å²) in [5, 5.41) is 4.45. The van der Waals surface area contributed by atoms with E-state index in [1.54, 1.807) is 41.7 Å². The predicted molar refractivity (Wildman–Crippen MR) is 285 cm³/mol. The smallest absolute Gasteiger partial charge is 0.164 e. The van der Waals surface area contributed by atoms with Gasteiger partial charge in [0.05, 0.1) is 17.8 Å². The molecule has 0 N–H and O–H groups in total. The van der Waals surface area contributed by atoms with Crippen LogP contribution in [0.15, 0.2) is 229 Å². The van der Waals surface area contributed by atoms with Crippen LogP contribution in [0.1, 0.15) is 17.8 Å². The van der Waals surface area contributed by atoms with E-state index < -0.39 is 89.7 Å². The van der Waals surface area contributed by atoms with Crippen LogP contribution in [0.2, 0.25) is 0 Å². The normalized spacial score (nSPS) is 14.5. The largest absolute Gasteiger partial charge is 0.456 e. The van der Waals surface area contributed by atoms with Gasteiger partial charge in [0.15, 0.2) is 17.5 Å². The van der Waals surface area contributed by atoms with E-state index in [1.807, 2.05) is 84.9 Å². The van der Waals surface area contributed by atoms with Gasteiger partial charge in [0, 0.05) is 47.6 Å². The zero-order valence-electron chi connectivity index (χ0n) is 48.5. The van der Waals surface area contributed by atoms with Gasteiger partial charge < -0.3 is 4.42 Å². The van der Waals surface area contributed by atoms with Crippen LogP contribution in [0, 0.1) is 0 Å². The molecule has 0 aliphatic carbocycles. The van der Waals surface area contributed by atoms with Crippen molar-refractivity contribution < 1.29 is 22.2 Å². The van der Waals surface area contributed by atoms with Crippen LogP contribution in [0.5, 0.6) is 0 Å². The van der Waals surface area contributed by atoms with Crippen molar-refractivity contribution >= 4 is 85.8 Å². The summed E-state index contributed by atoms with van der Waals surface area (Å²) in [6.45, 7) is 0. The molecule has 0 saturated heterocycles. The Kier molecular flexibility index (Phi) is 6.27. The second-order valence-electron chi connectivity index (χ2n) is 16.5. The van der Waals surface area contributed by atoms with Crippen molar-refractivity contribution in [3.63, 3.8) is 0 Å². The van der Waals surface area contributed by atoms with Crippen LogP contribution >= 0.6 is 11.3 Å². The minimum Gasteiger partial charge on any atom is -0.456 e. The summed E-state index contributed by atoms with van der Waals surface area (Å²) in [7, 11) is 0. The highest BCUT2D eigenvalue weighted by Crippen LogP contribution is 2.43. The Balaban J connectivity index is 0.966. The van der Waals surface area contributed by atoms with E-state index in [2.05, 4.69) is 35.3 Å². The highest BCUT2D eigenvalue weighted by Gasteiger charge is 2.18. The molecular formula is C63H37N3OS. The van der Waals surface area contributed by atoms with Crippen LogP contribution in [-0.2, 0) is 0 Å². The third-order valence-electron chi connectivity index (χ3n) is 12.4. The fourth-order valence-corrected chi connectivity index (χ4v) is 10.3. The average molecular weight is 897 g/mol. The number of hydrogen-bond donors (Lipinski definition) is 0. The minimum absolute atomic E-state index is 0.000444. The molecule has 4 nitrogen and oxygen atoms in total. The molecule has 68 heavy (non-hydrogen) atoms. The lowest BCUT2D eigenvalue weighted by Gasteiger charge is -2.11.